The molecule has 0 spiro atoms. The molecule has 106 valence electrons. The van der Waals surface area contributed by atoms with Gasteiger partial charge in [0.1, 0.15) is 11.5 Å². The molecular weight excluding hydrogens is 242 g/mol. The van der Waals surface area contributed by atoms with Gasteiger partial charge in [-0.1, -0.05) is 6.07 Å². The van der Waals surface area contributed by atoms with Crippen molar-refractivity contribution in [3.05, 3.63) is 23.9 Å². The second-order valence-corrected chi connectivity index (χ2v) is 5.07. The molecule has 0 unspecified atom stereocenters. The van der Waals surface area contributed by atoms with Crippen molar-refractivity contribution >= 4 is 11.7 Å². The zero-order valence-corrected chi connectivity index (χ0v) is 12.1. The Morgan fingerprint density at radius 1 is 1.42 bits per heavy atom. The van der Waals surface area contributed by atoms with Crippen LogP contribution in [0.4, 0.5) is 5.82 Å². The number of amides is 1. The molecule has 0 aliphatic heterocycles. The number of hydrogen-bond donors (Lipinski definition) is 2. The van der Waals surface area contributed by atoms with Gasteiger partial charge in [-0.3, -0.25) is 4.79 Å². The van der Waals surface area contributed by atoms with Crippen molar-refractivity contribution in [3.8, 4) is 0 Å². The highest BCUT2D eigenvalue weighted by Gasteiger charge is 2.23. The number of pyridine rings is 1. The van der Waals surface area contributed by atoms with E-state index in [0.29, 0.717) is 18.1 Å². The summed E-state index contributed by atoms with van der Waals surface area (Å²) in [6.45, 7) is 8.81. The monoisotopic (exact) mass is 265 g/mol. The molecule has 0 aliphatic rings. The quantitative estimate of drug-likeness (QED) is 0.822. The predicted molar refractivity (Wildman–Crippen MR) is 76.3 cm³/mol. The van der Waals surface area contributed by atoms with E-state index in [0.717, 1.165) is 6.54 Å². The van der Waals surface area contributed by atoms with Crippen LogP contribution in [0.5, 0.6) is 0 Å². The number of carbonyl (C=O) groups is 1. The van der Waals surface area contributed by atoms with Crippen molar-refractivity contribution in [2.24, 2.45) is 0 Å². The number of anilines is 1. The molecule has 0 bridgehead atoms. The number of likely N-dealkylation sites (N-methyl/N-ethyl adjacent to an activating group) is 1. The largest absolute Gasteiger partial charge is 0.389 e. The van der Waals surface area contributed by atoms with Crippen molar-refractivity contribution in [2.75, 3.05) is 25.0 Å². The molecule has 0 saturated carbocycles. The highest BCUT2D eigenvalue weighted by atomic mass is 16.3. The first-order valence-electron chi connectivity index (χ1n) is 6.60. The van der Waals surface area contributed by atoms with E-state index in [2.05, 4.69) is 10.3 Å². The van der Waals surface area contributed by atoms with Crippen LogP contribution in [0.25, 0.3) is 0 Å². The van der Waals surface area contributed by atoms with E-state index < -0.39 is 5.60 Å². The molecule has 5 nitrogen and oxygen atoms in total. The van der Waals surface area contributed by atoms with Crippen LogP contribution in [-0.2, 0) is 0 Å². The normalized spacial score (nSPS) is 11.2. The number of carbonyl (C=O) groups excluding carboxylic acids is 1. The van der Waals surface area contributed by atoms with Crippen LogP contribution in [0, 0.1) is 0 Å². The van der Waals surface area contributed by atoms with Crippen LogP contribution in [0.1, 0.15) is 38.2 Å². The number of hydrogen-bond acceptors (Lipinski definition) is 4. The van der Waals surface area contributed by atoms with Crippen LogP contribution in [0.3, 0.4) is 0 Å². The molecule has 0 radical (unpaired) electrons. The van der Waals surface area contributed by atoms with E-state index in [1.807, 2.05) is 19.9 Å². The van der Waals surface area contributed by atoms with Gasteiger partial charge in [0.15, 0.2) is 0 Å². The average Bonchev–Trinajstić information content (AvgIpc) is 2.35. The maximum absolute atomic E-state index is 12.3. The van der Waals surface area contributed by atoms with Gasteiger partial charge in [-0.2, -0.15) is 0 Å². The summed E-state index contributed by atoms with van der Waals surface area (Å²) in [5.74, 6) is 0.525. The van der Waals surface area contributed by atoms with Crippen molar-refractivity contribution in [2.45, 2.75) is 33.3 Å². The Kier molecular flexibility index (Phi) is 5.30. The fraction of sp³-hybridized carbons (Fsp3) is 0.571. The third-order valence-electron chi connectivity index (χ3n) is 2.57. The molecule has 5 heteroatoms. The van der Waals surface area contributed by atoms with Gasteiger partial charge in [-0.05, 0) is 39.8 Å². The van der Waals surface area contributed by atoms with Crippen LogP contribution in [-0.4, -0.2) is 46.1 Å². The maximum Gasteiger partial charge on any atom is 0.272 e. The molecule has 1 aromatic rings. The van der Waals surface area contributed by atoms with E-state index in [1.165, 1.54) is 0 Å². The highest BCUT2D eigenvalue weighted by molar-refractivity contribution is 5.92. The molecule has 0 fully saturated rings. The minimum atomic E-state index is -0.912. The SMILES string of the molecule is CCNc1cccc(C(=O)N(CC)CC(C)(C)O)n1. The lowest BCUT2D eigenvalue weighted by atomic mass is 10.1. The first-order valence-corrected chi connectivity index (χ1v) is 6.60. The summed E-state index contributed by atoms with van der Waals surface area (Å²) in [4.78, 5) is 18.2. The fourth-order valence-corrected chi connectivity index (χ4v) is 1.79. The Hall–Kier alpha value is -1.62. The zero-order valence-electron chi connectivity index (χ0n) is 12.1. The molecule has 1 rings (SSSR count). The Balaban J connectivity index is 2.88. The zero-order chi connectivity index (χ0) is 14.5. The predicted octanol–water partition coefficient (Wildman–Crippen LogP) is 1.75. The molecule has 1 heterocycles. The summed E-state index contributed by atoms with van der Waals surface area (Å²) in [5.41, 5.74) is -0.519. The second kappa shape index (κ2) is 6.52. The number of rotatable bonds is 6. The topological polar surface area (TPSA) is 65.5 Å². The lowest BCUT2D eigenvalue weighted by Gasteiger charge is -2.27. The summed E-state index contributed by atoms with van der Waals surface area (Å²) < 4.78 is 0. The standard InChI is InChI=1S/C14H23N3O2/c1-5-15-12-9-7-8-11(16-12)13(18)17(6-2)10-14(3,4)19/h7-9,19H,5-6,10H2,1-4H3,(H,15,16). The molecule has 19 heavy (non-hydrogen) atoms. The summed E-state index contributed by atoms with van der Waals surface area (Å²) in [7, 11) is 0. The maximum atomic E-state index is 12.3. The first kappa shape index (κ1) is 15.4. The number of nitrogens with one attached hydrogen (secondary N) is 1. The van der Waals surface area contributed by atoms with Gasteiger partial charge >= 0.3 is 0 Å². The highest BCUT2D eigenvalue weighted by Crippen LogP contribution is 2.11. The van der Waals surface area contributed by atoms with Gasteiger partial charge in [-0.25, -0.2) is 4.98 Å². The summed E-state index contributed by atoms with van der Waals surface area (Å²) in [5, 5.41) is 12.9. The minimum Gasteiger partial charge on any atom is -0.389 e. The van der Waals surface area contributed by atoms with Crippen LogP contribution >= 0.6 is 0 Å². The molecular formula is C14H23N3O2. The summed E-state index contributed by atoms with van der Waals surface area (Å²) >= 11 is 0. The van der Waals surface area contributed by atoms with Gasteiger partial charge in [0, 0.05) is 19.6 Å². The lowest BCUT2D eigenvalue weighted by Crippen LogP contribution is -2.42. The lowest BCUT2D eigenvalue weighted by molar-refractivity contribution is 0.0311. The molecule has 0 atom stereocenters. The Labute approximate surface area is 114 Å². The van der Waals surface area contributed by atoms with Crippen molar-refractivity contribution in [1.82, 2.24) is 9.88 Å². The van der Waals surface area contributed by atoms with E-state index in [4.69, 9.17) is 0 Å². The second-order valence-electron chi connectivity index (χ2n) is 5.07. The molecule has 1 aromatic heterocycles. The smallest absolute Gasteiger partial charge is 0.272 e. The van der Waals surface area contributed by atoms with Crippen LogP contribution in [0.15, 0.2) is 18.2 Å². The third kappa shape index (κ3) is 4.87. The third-order valence-corrected chi connectivity index (χ3v) is 2.57. The van der Waals surface area contributed by atoms with Gasteiger partial charge in [-0.15, -0.1) is 0 Å². The Morgan fingerprint density at radius 3 is 2.63 bits per heavy atom. The summed E-state index contributed by atoms with van der Waals surface area (Å²) in [6, 6.07) is 5.32. The van der Waals surface area contributed by atoms with Gasteiger partial charge < -0.3 is 15.3 Å². The van der Waals surface area contributed by atoms with Crippen LogP contribution in [0.2, 0.25) is 0 Å². The van der Waals surface area contributed by atoms with E-state index >= 15 is 0 Å². The fourth-order valence-electron chi connectivity index (χ4n) is 1.79. The number of nitrogens with zero attached hydrogens (tertiary/aromatic N) is 2. The first-order chi connectivity index (χ1) is 8.87. The van der Waals surface area contributed by atoms with E-state index in [-0.39, 0.29) is 12.5 Å². The van der Waals surface area contributed by atoms with Gasteiger partial charge in [0.05, 0.1) is 5.60 Å². The molecule has 0 aliphatic carbocycles. The van der Waals surface area contributed by atoms with Gasteiger partial charge in [0.25, 0.3) is 5.91 Å². The number of aliphatic hydroxyl groups is 1. The van der Waals surface area contributed by atoms with Gasteiger partial charge in [0.2, 0.25) is 0 Å². The Bertz CT molecular complexity index is 427. The van der Waals surface area contributed by atoms with Crippen LogP contribution < -0.4 is 5.32 Å². The number of aromatic nitrogens is 1. The minimum absolute atomic E-state index is 0.163. The molecule has 2 N–H and O–H groups in total. The van der Waals surface area contributed by atoms with E-state index in [9.17, 15) is 9.90 Å². The summed E-state index contributed by atoms with van der Waals surface area (Å²) in [6.07, 6.45) is 0. The van der Waals surface area contributed by atoms with Crippen molar-refractivity contribution in [3.63, 3.8) is 0 Å². The average molecular weight is 265 g/mol. The van der Waals surface area contributed by atoms with Crippen molar-refractivity contribution in [1.29, 1.82) is 0 Å². The molecule has 0 saturated heterocycles. The molecule has 1 amide bonds. The molecule has 0 aromatic carbocycles. The Morgan fingerprint density at radius 2 is 2.11 bits per heavy atom. The van der Waals surface area contributed by atoms with E-state index in [1.54, 1.807) is 30.9 Å². The van der Waals surface area contributed by atoms with Crippen molar-refractivity contribution < 1.29 is 9.90 Å².